The van der Waals surface area contributed by atoms with E-state index in [0.717, 1.165) is 30.9 Å². The molecule has 1 aromatic heterocycles. The number of aromatic nitrogens is 3. The summed E-state index contributed by atoms with van der Waals surface area (Å²) in [4.78, 5) is 11.8. The second-order valence-corrected chi connectivity index (χ2v) is 5.47. The first kappa shape index (κ1) is 15.5. The van der Waals surface area contributed by atoms with E-state index in [1.54, 1.807) is 11.8 Å². The highest BCUT2D eigenvalue weighted by Gasteiger charge is 2.21. The number of carbonyl (C=O) groups is 1. The van der Waals surface area contributed by atoms with Gasteiger partial charge < -0.3 is 14.8 Å². The molecule has 122 valence electrons. The van der Waals surface area contributed by atoms with Gasteiger partial charge in [0.15, 0.2) is 17.3 Å². The monoisotopic (exact) mass is 316 g/mol. The van der Waals surface area contributed by atoms with E-state index < -0.39 is 0 Å². The fourth-order valence-electron chi connectivity index (χ4n) is 2.60. The Kier molecular flexibility index (Phi) is 4.57. The molecule has 3 rings (SSSR count). The third kappa shape index (κ3) is 3.34. The Morgan fingerprint density at radius 2 is 2.22 bits per heavy atom. The van der Waals surface area contributed by atoms with Crippen LogP contribution in [-0.4, -0.2) is 47.1 Å². The van der Waals surface area contributed by atoms with Gasteiger partial charge in [0.05, 0.1) is 18.9 Å². The summed E-state index contributed by atoms with van der Waals surface area (Å²) in [6, 6.07) is 7.42. The zero-order valence-corrected chi connectivity index (χ0v) is 13.3. The predicted octanol–water partition coefficient (Wildman–Crippen LogP) is 2.07. The summed E-state index contributed by atoms with van der Waals surface area (Å²) in [6.07, 6.45) is 2.25. The Hall–Kier alpha value is -2.41. The van der Waals surface area contributed by atoms with Gasteiger partial charge in [0.25, 0.3) is 0 Å². The molecule has 0 bridgehead atoms. The average molecular weight is 316 g/mol. The first-order valence-corrected chi connectivity index (χ1v) is 7.65. The molecule has 0 amide bonds. The molecule has 2 heterocycles. The van der Waals surface area contributed by atoms with Crippen molar-refractivity contribution in [2.24, 2.45) is 0 Å². The highest BCUT2D eigenvalue weighted by molar-refractivity contribution is 5.96. The fourth-order valence-corrected chi connectivity index (χ4v) is 2.60. The van der Waals surface area contributed by atoms with Crippen LogP contribution in [0.1, 0.15) is 30.3 Å². The summed E-state index contributed by atoms with van der Waals surface area (Å²) in [7, 11) is 1.62. The number of Topliss-reactive ketones (excluding diaryl/α,β-unsaturated/α-hetero) is 1. The predicted molar refractivity (Wildman–Crippen MR) is 85.4 cm³/mol. The molecule has 1 unspecified atom stereocenters. The quantitative estimate of drug-likeness (QED) is 0.822. The highest BCUT2D eigenvalue weighted by Crippen LogP contribution is 2.22. The Balaban J connectivity index is 1.87. The maximum Gasteiger partial charge on any atom is 0.183 e. The van der Waals surface area contributed by atoms with Crippen molar-refractivity contribution in [2.75, 3.05) is 25.6 Å². The number of anilines is 1. The second kappa shape index (κ2) is 6.78. The minimum atomic E-state index is -0.125. The molecule has 1 fully saturated rings. The van der Waals surface area contributed by atoms with Crippen molar-refractivity contribution in [3.8, 4) is 11.4 Å². The van der Waals surface area contributed by atoms with Gasteiger partial charge in [0.2, 0.25) is 0 Å². The average Bonchev–Trinajstić information content (AvgIpc) is 3.22. The largest absolute Gasteiger partial charge is 0.497 e. The van der Waals surface area contributed by atoms with E-state index in [9.17, 15) is 4.79 Å². The first-order chi connectivity index (χ1) is 11.2. The number of nitrogens with zero attached hydrogens (tertiary/aromatic N) is 3. The van der Waals surface area contributed by atoms with Crippen LogP contribution >= 0.6 is 0 Å². The molecular weight excluding hydrogens is 296 g/mol. The molecule has 0 spiro atoms. The van der Waals surface area contributed by atoms with E-state index in [0.29, 0.717) is 18.1 Å². The Bertz CT molecular complexity index is 675. The Morgan fingerprint density at radius 3 is 2.83 bits per heavy atom. The first-order valence-electron chi connectivity index (χ1n) is 7.65. The standard InChI is InChI=1S/C16H20N4O3/c1-11(21)15-16(17-10-14-4-3-9-23-14)20(19-18-15)12-5-7-13(22-2)8-6-12/h5-8,14,17H,3-4,9-10H2,1-2H3. The van der Waals surface area contributed by atoms with Crippen LogP contribution in [-0.2, 0) is 4.74 Å². The number of rotatable bonds is 6. The lowest BCUT2D eigenvalue weighted by atomic mass is 10.2. The number of hydrogen-bond donors (Lipinski definition) is 1. The van der Waals surface area contributed by atoms with Crippen LogP contribution in [0.5, 0.6) is 5.75 Å². The molecule has 0 saturated carbocycles. The number of nitrogens with one attached hydrogen (secondary N) is 1. The van der Waals surface area contributed by atoms with Gasteiger partial charge in [-0.3, -0.25) is 4.79 Å². The maximum atomic E-state index is 11.8. The number of carbonyl (C=O) groups excluding carboxylic acids is 1. The van der Waals surface area contributed by atoms with Gasteiger partial charge in [-0.15, -0.1) is 5.10 Å². The molecule has 1 N–H and O–H groups in total. The van der Waals surface area contributed by atoms with Gasteiger partial charge in [-0.05, 0) is 37.1 Å². The summed E-state index contributed by atoms with van der Waals surface area (Å²) in [5.74, 6) is 1.23. The summed E-state index contributed by atoms with van der Waals surface area (Å²) >= 11 is 0. The smallest absolute Gasteiger partial charge is 0.183 e. The summed E-state index contributed by atoms with van der Waals surface area (Å²) < 4.78 is 12.4. The minimum absolute atomic E-state index is 0.125. The van der Waals surface area contributed by atoms with E-state index in [4.69, 9.17) is 9.47 Å². The van der Waals surface area contributed by atoms with Crippen molar-refractivity contribution in [3.63, 3.8) is 0 Å². The molecular formula is C16H20N4O3. The molecule has 23 heavy (non-hydrogen) atoms. The molecule has 7 nitrogen and oxygen atoms in total. The van der Waals surface area contributed by atoms with Crippen molar-refractivity contribution in [1.82, 2.24) is 15.0 Å². The van der Waals surface area contributed by atoms with Gasteiger partial charge in [-0.2, -0.15) is 4.68 Å². The summed E-state index contributed by atoms with van der Waals surface area (Å²) in [5.41, 5.74) is 1.14. The lowest BCUT2D eigenvalue weighted by molar-refractivity contribution is 0.101. The number of hydrogen-bond acceptors (Lipinski definition) is 6. The molecule has 1 saturated heterocycles. The van der Waals surface area contributed by atoms with Gasteiger partial charge in [-0.1, -0.05) is 5.21 Å². The van der Waals surface area contributed by atoms with Crippen molar-refractivity contribution < 1.29 is 14.3 Å². The number of benzene rings is 1. The SMILES string of the molecule is COc1ccc(-n2nnc(C(C)=O)c2NCC2CCCO2)cc1. The third-order valence-corrected chi connectivity index (χ3v) is 3.84. The lowest BCUT2D eigenvalue weighted by Gasteiger charge is -2.14. The topological polar surface area (TPSA) is 78.3 Å². The summed E-state index contributed by atoms with van der Waals surface area (Å²) in [6.45, 7) is 2.91. The molecule has 1 atom stereocenters. The van der Waals surface area contributed by atoms with Crippen LogP contribution in [0.2, 0.25) is 0 Å². The van der Waals surface area contributed by atoms with E-state index in [-0.39, 0.29) is 11.9 Å². The van der Waals surface area contributed by atoms with Crippen molar-refractivity contribution in [3.05, 3.63) is 30.0 Å². The second-order valence-electron chi connectivity index (χ2n) is 5.47. The van der Waals surface area contributed by atoms with Crippen molar-refractivity contribution >= 4 is 11.6 Å². The highest BCUT2D eigenvalue weighted by atomic mass is 16.5. The number of ether oxygens (including phenoxy) is 2. The minimum Gasteiger partial charge on any atom is -0.497 e. The molecule has 1 aliphatic heterocycles. The van der Waals surface area contributed by atoms with E-state index in [1.165, 1.54) is 6.92 Å². The van der Waals surface area contributed by atoms with Crippen LogP contribution in [0.4, 0.5) is 5.82 Å². The third-order valence-electron chi connectivity index (χ3n) is 3.84. The fraction of sp³-hybridized carbons (Fsp3) is 0.438. The zero-order valence-electron chi connectivity index (χ0n) is 13.3. The lowest BCUT2D eigenvalue weighted by Crippen LogP contribution is -2.21. The normalized spacial score (nSPS) is 17.2. The molecule has 0 aliphatic carbocycles. The molecule has 0 radical (unpaired) electrons. The molecule has 1 aromatic carbocycles. The van der Waals surface area contributed by atoms with Gasteiger partial charge in [-0.25, -0.2) is 0 Å². The van der Waals surface area contributed by atoms with Gasteiger partial charge in [0, 0.05) is 20.1 Å². The van der Waals surface area contributed by atoms with Crippen LogP contribution in [0, 0.1) is 0 Å². The van der Waals surface area contributed by atoms with Crippen molar-refractivity contribution in [2.45, 2.75) is 25.9 Å². The van der Waals surface area contributed by atoms with E-state index >= 15 is 0 Å². The van der Waals surface area contributed by atoms with E-state index in [2.05, 4.69) is 15.6 Å². The van der Waals surface area contributed by atoms with Crippen LogP contribution < -0.4 is 10.1 Å². The van der Waals surface area contributed by atoms with Gasteiger partial charge in [0.1, 0.15) is 5.75 Å². The molecule has 7 heteroatoms. The zero-order chi connectivity index (χ0) is 16.2. The summed E-state index contributed by atoms with van der Waals surface area (Å²) in [5, 5.41) is 11.4. The molecule has 1 aliphatic rings. The van der Waals surface area contributed by atoms with Crippen LogP contribution in [0.15, 0.2) is 24.3 Å². The van der Waals surface area contributed by atoms with Crippen molar-refractivity contribution in [1.29, 1.82) is 0 Å². The van der Waals surface area contributed by atoms with Gasteiger partial charge >= 0.3 is 0 Å². The van der Waals surface area contributed by atoms with Crippen LogP contribution in [0.3, 0.4) is 0 Å². The number of ketones is 1. The van der Waals surface area contributed by atoms with E-state index in [1.807, 2.05) is 24.3 Å². The number of methoxy groups -OCH3 is 1. The van der Waals surface area contributed by atoms with Crippen LogP contribution in [0.25, 0.3) is 5.69 Å². The molecule has 2 aromatic rings. The maximum absolute atomic E-state index is 11.8. The Labute approximate surface area is 134 Å². The Morgan fingerprint density at radius 1 is 1.43 bits per heavy atom.